The molecule has 0 aliphatic carbocycles. The largest absolute Gasteiger partial charge is 0.419 e. The number of rotatable bonds is 4. The summed E-state index contributed by atoms with van der Waals surface area (Å²) in [6.45, 7) is 0.938. The number of carbonyl (C=O) groups is 2. The van der Waals surface area contributed by atoms with Crippen LogP contribution in [0, 0.1) is 0 Å². The van der Waals surface area contributed by atoms with E-state index in [-0.39, 0.29) is 22.4 Å². The summed E-state index contributed by atoms with van der Waals surface area (Å²) in [5.41, 5.74) is -0.862. The predicted molar refractivity (Wildman–Crippen MR) is 101 cm³/mol. The van der Waals surface area contributed by atoms with Crippen LogP contribution in [0.25, 0.3) is 10.9 Å². The van der Waals surface area contributed by atoms with Gasteiger partial charge in [-0.1, -0.05) is 0 Å². The van der Waals surface area contributed by atoms with Crippen molar-refractivity contribution in [3.05, 3.63) is 63.8 Å². The number of esters is 2. The Labute approximate surface area is 163 Å². The van der Waals surface area contributed by atoms with Gasteiger partial charge in [-0.15, -0.1) is 0 Å². The molecule has 0 bridgehead atoms. The molecule has 3 heterocycles. The van der Waals surface area contributed by atoms with E-state index >= 15 is 0 Å². The zero-order valence-corrected chi connectivity index (χ0v) is 15.4. The quantitative estimate of drug-likeness (QED) is 0.462. The van der Waals surface area contributed by atoms with Crippen LogP contribution in [-0.4, -0.2) is 30.6 Å². The first-order valence-corrected chi connectivity index (χ1v) is 8.79. The van der Waals surface area contributed by atoms with Crippen molar-refractivity contribution in [2.45, 2.75) is 19.5 Å². The minimum atomic E-state index is -0.824. The molecule has 0 amide bonds. The molecule has 0 saturated heterocycles. The molecule has 0 atom stereocenters. The van der Waals surface area contributed by atoms with Crippen molar-refractivity contribution in [2.75, 3.05) is 0 Å². The van der Waals surface area contributed by atoms with E-state index in [1.165, 1.54) is 23.7 Å². The molecule has 0 saturated carbocycles. The average Bonchev–Trinajstić information content (AvgIpc) is 3.21. The molecule has 1 aliphatic rings. The van der Waals surface area contributed by atoms with Crippen molar-refractivity contribution in [1.29, 1.82) is 0 Å². The van der Waals surface area contributed by atoms with E-state index < -0.39 is 23.2 Å². The summed E-state index contributed by atoms with van der Waals surface area (Å²) < 4.78 is 14.6. The lowest BCUT2D eigenvalue weighted by Crippen LogP contribution is -2.38. The van der Waals surface area contributed by atoms with Crippen LogP contribution in [0.15, 0.2) is 52.6 Å². The van der Waals surface area contributed by atoms with E-state index in [0.29, 0.717) is 19.5 Å². The molecular formula is C19H16N4O6. The Morgan fingerprint density at radius 3 is 2.48 bits per heavy atom. The van der Waals surface area contributed by atoms with E-state index in [1.54, 1.807) is 12.5 Å². The van der Waals surface area contributed by atoms with Gasteiger partial charge >= 0.3 is 17.6 Å². The molecule has 2 aromatic heterocycles. The lowest BCUT2D eigenvalue weighted by Gasteiger charge is -2.17. The van der Waals surface area contributed by atoms with Gasteiger partial charge in [-0.25, -0.2) is 19.4 Å². The summed E-state index contributed by atoms with van der Waals surface area (Å²) in [7, 11) is 1.34. The van der Waals surface area contributed by atoms with Crippen LogP contribution >= 0.6 is 0 Å². The Morgan fingerprint density at radius 1 is 1.00 bits per heavy atom. The van der Waals surface area contributed by atoms with E-state index in [9.17, 15) is 19.2 Å². The van der Waals surface area contributed by atoms with Crippen LogP contribution in [0.2, 0.25) is 0 Å². The van der Waals surface area contributed by atoms with Crippen LogP contribution < -0.4 is 20.7 Å². The third-order valence-electron chi connectivity index (χ3n) is 4.55. The van der Waals surface area contributed by atoms with E-state index in [0.717, 1.165) is 16.7 Å². The Bertz CT molecular complexity index is 1270. The molecular weight excluding hydrogens is 380 g/mol. The highest BCUT2D eigenvalue weighted by atomic mass is 16.6. The average molecular weight is 396 g/mol. The fraction of sp³-hybridized carbons (Fsp3) is 0.211. The highest BCUT2D eigenvalue weighted by molar-refractivity contribution is 5.99. The van der Waals surface area contributed by atoms with Crippen LogP contribution in [0.1, 0.15) is 6.42 Å². The standard InChI is InChI=1S/C19H16N4O6/c1-21-18(26)16-12(23(19(21)27)9-2-8-22-10-7-20-11-22)3-4-13-17(16)29-15(25)6-5-14(24)28-13/h3-7,10-11H,2,8-9H2,1H3/b6-5+. The van der Waals surface area contributed by atoms with Gasteiger partial charge in [0.05, 0.1) is 11.8 Å². The van der Waals surface area contributed by atoms with E-state index in [4.69, 9.17) is 9.47 Å². The molecule has 148 valence electrons. The third-order valence-corrected chi connectivity index (χ3v) is 4.55. The van der Waals surface area contributed by atoms with Gasteiger partial charge in [-0.2, -0.15) is 0 Å². The topological polar surface area (TPSA) is 114 Å². The summed E-state index contributed by atoms with van der Waals surface area (Å²) >= 11 is 0. The van der Waals surface area contributed by atoms with Gasteiger partial charge in [0, 0.05) is 44.7 Å². The van der Waals surface area contributed by atoms with Crippen LogP contribution in [0.4, 0.5) is 0 Å². The molecule has 3 aromatic rings. The summed E-state index contributed by atoms with van der Waals surface area (Å²) in [4.78, 5) is 53.2. The number of benzene rings is 1. The molecule has 0 radical (unpaired) electrons. The lowest BCUT2D eigenvalue weighted by atomic mass is 10.2. The smallest absolute Gasteiger partial charge is 0.336 e. The molecule has 29 heavy (non-hydrogen) atoms. The summed E-state index contributed by atoms with van der Waals surface area (Å²) in [5, 5.41) is -0.0105. The minimum Gasteiger partial charge on any atom is -0.419 e. The van der Waals surface area contributed by atoms with Gasteiger partial charge in [0.25, 0.3) is 5.56 Å². The van der Waals surface area contributed by atoms with E-state index in [1.807, 2.05) is 10.8 Å². The molecule has 4 rings (SSSR count). The van der Waals surface area contributed by atoms with Crippen LogP contribution in [-0.2, 0) is 29.7 Å². The fourth-order valence-electron chi connectivity index (χ4n) is 3.16. The molecule has 0 spiro atoms. The molecule has 0 unspecified atom stereocenters. The number of aryl methyl sites for hydroxylation is 2. The van der Waals surface area contributed by atoms with Crippen molar-refractivity contribution in [2.24, 2.45) is 7.05 Å². The number of nitrogens with zero attached hydrogens (tertiary/aromatic N) is 4. The first-order valence-electron chi connectivity index (χ1n) is 8.79. The first kappa shape index (κ1) is 18.4. The Hall–Kier alpha value is -3.95. The number of hydrogen-bond donors (Lipinski definition) is 0. The normalized spacial score (nSPS) is 14.7. The number of ether oxygens (including phenoxy) is 2. The monoisotopic (exact) mass is 396 g/mol. The maximum Gasteiger partial charge on any atom is 0.336 e. The Kier molecular flexibility index (Phi) is 4.59. The van der Waals surface area contributed by atoms with Gasteiger partial charge in [0.2, 0.25) is 0 Å². The maximum absolute atomic E-state index is 12.8. The van der Waals surface area contributed by atoms with Crippen molar-refractivity contribution >= 4 is 22.8 Å². The SMILES string of the molecule is Cn1c(=O)c2c3c(ccc2n(CCCn2ccnc2)c1=O)OC(=O)/C=C/C(=O)O3. The molecule has 0 N–H and O–H groups in total. The van der Waals surface area contributed by atoms with Crippen LogP contribution in [0.3, 0.4) is 0 Å². The summed E-state index contributed by atoms with van der Waals surface area (Å²) in [6.07, 6.45) is 7.59. The van der Waals surface area contributed by atoms with Crippen LogP contribution in [0.5, 0.6) is 11.5 Å². The van der Waals surface area contributed by atoms with Gasteiger partial charge in [-0.3, -0.25) is 13.9 Å². The Morgan fingerprint density at radius 2 is 1.76 bits per heavy atom. The second kappa shape index (κ2) is 7.23. The summed E-state index contributed by atoms with van der Waals surface area (Å²) in [5.74, 6) is -1.85. The molecule has 10 heteroatoms. The predicted octanol–water partition coefficient (Wildman–Crippen LogP) is 0.368. The maximum atomic E-state index is 12.8. The summed E-state index contributed by atoms with van der Waals surface area (Å²) in [6, 6.07) is 2.90. The fourth-order valence-corrected chi connectivity index (χ4v) is 3.16. The first-order chi connectivity index (χ1) is 14.0. The highest BCUT2D eigenvalue weighted by Gasteiger charge is 2.23. The number of aromatic nitrogens is 4. The number of carbonyl (C=O) groups excluding carboxylic acids is 2. The number of imidazole rings is 1. The lowest BCUT2D eigenvalue weighted by molar-refractivity contribution is -0.133. The second-order valence-electron chi connectivity index (χ2n) is 6.41. The van der Waals surface area contributed by atoms with Gasteiger partial charge in [0.15, 0.2) is 11.5 Å². The van der Waals surface area contributed by atoms with Crippen molar-refractivity contribution in [3.8, 4) is 11.5 Å². The zero-order chi connectivity index (χ0) is 20.5. The third kappa shape index (κ3) is 3.35. The number of hydrogen-bond acceptors (Lipinski definition) is 7. The number of fused-ring (bicyclic) bond motifs is 3. The second-order valence-corrected chi connectivity index (χ2v) is 6.41. The molecule has 1 aromatic carbocycles. The Balaban J connectivity index is 1.85. The molecule has 10 nitrogen and oxygen atoms in total. The van der Waals surface area contributed by atoms with Gasteiger partial charge in [-0.05, 0) is 18.6 Å². The highest BCUT2D eigenvalue weighted by Crippen LogP contribution is 2.34. The molecule has 0 fully saturated rings. The minimum absolute atomic E-state index is 0.0105. The van der Waals surface area contributed by atoms with Crippen molar-refractivity contribution < 1.29 is 19.1 Å². The molecule has 1 aliphatic heterocycles. The zero-order valence-electron chi connectivity index (χ0n) is 15.4. The van der Waals surface area contributed by atoms with Gasteiger partial charge < -0.3 is 14.0 Å². The van der Waals surface area contributed by atoms with Crippen molar-refractivity contribution in [3.63, 3.8) is 0 Å². The van der Waals surface area contributed by atoms with Crippen molar-refractivity contribution in [1.82, 2.24) is 18.7 Å². The van der Waals surface area contributed by atoms with Gasteiger partial charge in [0.1, 0.15) is 5.39 Å². The van der Waals surface area contributed by atoms with E-state index in [2.05, 4.69) is 4.98 Å².